The van der Waals surface area contributed by atoms with Gasteiger partial charge in [-0.15, -0.1) is 0 Å². The van der Waals surface area contributed by atoms with Gasteiger partial charge in [-0.2, -0.15) is 0 Å². The molecule has 2 heterocycles. The van der Waals surface area contributed by atoms with Gasteiger partial charge in [0.25, 0.3) is 5.91 Å². The Kier molecular flexibility index (Phi) is 6.92. The molecule has 0 aliphatic carbocycles. The molecule has 1 aromatic carbocycles. The van der Waals surface area contributed by atoms with Crippen LogP contribution in [0.3, 0.4) is 0 Å². The SMILES string of the molecule is COCCNC(=O)C(NC(=O)c1ccc2c(c1)OCO2)C1CCN(C(C)=O)CC1. The summed E-state index contributed by atoms with van der Waals surface area (Å²) >= 11 is 0. The van der Waals surface area contributed by atoms with E-state index in [1.165, 1.54) is 6.92 Å². The van der Waals surface area contributed by atoms with Crippen LogP contribution in [-0.4, -0.2) is 68.8 Å². The third-order valence-corrected chi connectivity index (χ3v) is 5.27. The predicted molar refractivity (Wildman–Crippen MR) is 104 cm³/mol. The van der Waals surface area contributed by atoms with E-state index in [9.17, 15) is 14.4 Å². The molecule has 9 heteroatoms. The highest BCUT2D eigenvalue weighted by molar-refractivity contribution is 5.98. The summed E-state index contributed by atoms with van der Waals surface area (Å²) in [7, 11) is 1.56. The fourth-order valence-corrected chi connectivity index (χ4v) is 3.59. The third-order valence-electron chi connectivity index (χ3n) is 5.27. The van der Waals surface area contributed by atoms with Crippen LogP contribution >= 0.6 is 0 Å². The van der Waals surface area contributed by atoms with Crippen molar-refractivity contribution in [2.75, 3.05) is 40.1 Å². The number of carbonyl (C=O) groups excluding carboxylic acids is 3. The molecule has 1 fully saturated rings. The van der Waals surface area contributed by atoms with Crippen molar-refractivity contribution < 1.29 is 28.6 Å². The number of carbonyl (C=O) groups is 3. The number of amides is 3. The molecule has 9 nitrogen and oxygen atoms in total. The smallest absolute Gasteiger partial charge is 0.252 e. The lowest BCUT2D eigenvalue weighted by atomic mass is 9.88. The Labute approximate surface area is 169 Å². The van der Waals surface area contributed by atoms with E-state index in [1.54, 1.807) is 30.2 Å². The Morgan fingerprint density at radius 2 is 1.93 bits per heavy atom. The second-order valence-electron chi connectivity index (χ2n) is 7.15. The zero-order valence-electron chi connectivity index (χ0n) is 16.7. The molecule has 3 rings (SSSR count). The molecule has 1 unspecified atom stereocenters. The molecule has 158 valence electrons. The van der Waals surface area contributed by atoms with Crippen molar-refractivity contribution >= 4 is 17.7 Å². The minimum atomic E-state index is -0.695. The van der Waals surface area contributed by atoms with Crippen LogP contribution in [0, 0.1) is 5.92 Å². The van der Waals surface area contributed by atoms with Crippen LogP contribution in [0.1, 0.15) is 30.1 Å². The van der Waals surface area contributed by atoms with Crippen molar-refractivity contribution in [1.82, 2.24) is 15.5 Å². The van der Waals surface area contributed by atoms with Crippen LogP contribution in [0.5, 0.6) is 11.5 Å². The number of piperidine rings is 1. The van der Waals surface area contributed by atoms with Crippen LogP contribution in [0.15, 0.2) is 18.2 Å². The Morgan fingerprint density at radius 3 is 2.62 bits per heavy atom. The number of nitrogens with one attached hydrogen (secondary N) is 2. The molecule has 3 amide bonds. The molecule has 2 aliphatic rings. The highest BCUT2D eigenvalue weighted by atomic mass is 16.7. The Bertz CT molecular complexity index is 761. The standard InChI is InChI=1S/C20H27N3O6/c1-13(24)23-8-5-14(6-9-23)18(20(26)21-7-10-27-2)22-19(25)15-3-4-16-17(11-15)29-12-28-16/h3-4,11,14,18H,5-10,12H2,1-2H3,(H,21,26)(H,22,25). The molecule has 1 saturated heterocycles. The first-order chi connectivity index (χ1) is 14.0. The quantitative estimate of drug-likeness (QED) is 0.641. The van der Waals surface area contributed by atoms with Gasteiger partial charge in [0, 0.05) is 39.2 Å². The van der Waals surface area contributed by atoms with Crippen LogP contribution < -0.4 is 20.1 Å². The maximum absolute atomic E-state index is 12.8. The van der Waals surface area contributed by atoms with E-state index in [1.807, 2.05) is 0 Å². The minimum absolute atomic E-state index is 0.0222. The number of nitrogens with zero attached hydrogens (tertiary/aromatic N) is 1. The van der Waals surface area contributed by atoms with Gasteiger partial charge < -0.3 is 29.7 Å². The van der Waals surface area contributed by atoms with E-state index in [0.717, 1.165) is 0 Å². The topological polar surface area (TPSA) is 106 Å². The molecule has 0 bridgehead atoms. The maximum atomic E-state index is 12.8. The fourth-order valence-electron chi connectivity index (χ4n) is 3.59. The summed E-state index contributed by atoms with van der Waals surface area (Å²) < 4.78 is 15.6. The second-order valence-corrected chi connectivity index (χ2v) is 7.15. The lowest BCUT2D eigenvalue weighted by Crippen LogP contribution is -2.54. The summed E-state index contributed by atoms with van der Waals surface area (Å²) in [5.74, 6) is 0.446. The molecular formula is C20H27N3O6. The minimum Gasteiger partial charge on any atom is -0.454 e. The van der Waals surface area contributed by atoms with E-state index in [2.05, 4.69) is 10.6 Å². The number of hydrogen-bond donors (Lipinski definition) is 2. The third kappa shape index (κ3) is 5.17. The van der Waals surface area contributed by atoms with Crippen molar-refractivity contribution in [2.45, 2.75) is 25.8 Å². The number of hydrogen-bond acceptors (Lipinski definition) is 6. The molecule has 2 aliphatic heterocycles. The fraction of sp³-hybridized carbons (Fsp3) is 0.550. The van der Waals surface area contributed by atoms with Gasteiger partial charge in [0.1, 0.15) is 6.04 Å². The van der Waals surface area contributed by atoms with Crippen molar-refractivity contribution in [1.29, 1.82) is 0 Å². The van der Waals surface area contributed by atoms with Crippen molar-refractivity contribution in [3.63, 3.8) is 0 Å². The number of rotatable bonds is 7. The number of likely N-dealkylation sites (tertiary alicyclic amines) is 1. The molecular weight excluding hydrogens is 378 g/mol. The van der Waals surface area contributed by atoms with Crippen LogP contribution in [-0.2, 0) is 14.3 Å². The number of fused-ring (bicyclic) bond motifs is 1. The zero-order chi connectivity index (χ0) is 20.8. The number of methoxy groups -OCH3 is 1. The first-order valence-electron chi connectivity index (χ1n) is 9.72. The largest absolute Gasteiger partial charge is 0.454 e. The second kappa shape index (κ2) is 9.60. The molecule has 0 aromatic heterocycles. The molecule has 0 spiro atoms. The van der Waals surface area contributed by atoms with E-state index in [4.69, 9.17) is 14.2 Å². The van der Waals surface area contributed by atoms with Crippen LogP contribution in [0.4, 0.5) is 0 Å². The summed E-state index contributed by atoms with van der Waals surface area (Å²) in [6.07, 6.45) is 1.28. The first kappa shape index (κ1) is 20.9. The van der Waals surface area contributed by atoms with Crippen molar-refractivity contribution in [2.24, 2.45) is 5.92 Å². The average Bonchev–Trinajstić information content (AvgIpc) is 3.20. The van der Waals surface area contributed by atoms with E-state index >= 15 is 0 Å². The van der Waals surface area contributed by atoms with E-state index in [-0.39, 0.29) is 30.4 Å². The van der Waals surface area contributed by atoms with Gasteiger partial charge in [-0.25, -0.2) is 0 Å². The van der Waals surface area contributed by atoms with Crippen LogP contribution in [0.25, 0.3) is 0 Å². The zero-order valence-corrected chi connectivity index (χ0v) is 16.7. The Morgan fingerprint density at radius 1 is 1.21 bits per heavy atom. The summed E-state index contributed by atoms with van der Waals surface area (Å²) in [6.45, 7) is 3.55. The summed E-state index contributed by atoms with van der Waals surface area (Å²) in [5, 5.41) is 5.68. The van der Waals surface area contributed by atoms with Gasteiger partial charge >= 0.3 is 0 Å². The lowest BCUT2D eigenvalue weighted by Gasteiger charge is -2.35. The molecule has 1 aromatic rings. The van der Waals surface area contributed by atoms with Crippen molar-refractivity contribution in [3.05, 3.63) is 23.8 Å². The van der Waals surface area contributed by atoms with Gasteiger partial charge in [-0.05, 0) is 37.0 Å². The highest BCUT2D eigenvalue weighted by Gasteiger charge is 2.33. The van der Waals surface area contributed by atoms with Gasteiger partial charge in [0.2, 0.25) is 18.6 Å². The van der Waals surface area contributed by atoms with Gasteiger partial charge in [-0.1, -0.05) is 0 Å². The van der Waals surface area contributed by atoms with Gasteiger partial charge in [-0.3, -0.25) is 14.4 Å². The molecule has 0 radical (unpaired) electrons. The highest BCUT2D eigenvalue weighted by Crippen LogP contribution is 2.32. The van der Waals surface area contributed by atoms with Gasteiger partial charge in [0.15, 0.2) is 11.5 Å². The summed E-state index contributed by atoms with van der Waals surface area (Å²) in [5.41, 5.74) is 0.394. The Balaban J connectivity index is 1.69. The predicted octanol–water partition coefficient (Wildman–Crippen LogP) is 0.535. The van der Waals surface area contributed by atoms with E-state index < -0.39 is 6.04 Å². The summed E-state index contributed by atoms with van der Waals surface area (Å²) in [6, 6.07) is 4.23. The molecule has 0 saturated carbocycles. The number of ether oxygens (including phenoxy) is 3. The first-order valence-corrected chi connectivity index (χ1v) is 9.72. The monoisotopic (exact) mass is 405 g/mol. The Hall–Kier alpha value is -2.81. The molecule has 29 heavy (non-hydrogen) atoms. The maximum Gasteiger partial charge on any atom is 0.252 e. The molecule has 2 N–H and O–H groups in total. The van der Waals surface area contributed by atoms with Crippen molar-refractivity contribution in [3.8, 4) is 11.5 Å². The normalized spacial score (nSPS) is 17.0. The van der Waals surface area contributed by atoms with Crippen LogP contribution in [0.2, 0.25) is 0 Å². The summed E-state index contributed by atoms with van der Waals surface area (Å²) in [4.78, 5) is 38.9. The lowest BCUT2D eigenvalue weighted by molar-refractivity contribution is -0.130. The average molecular weight is 405 g/mol. The van der Waals surface area contributed by atoms with E-state index in [0.29, 0.717) is 56.1 Å². The van der Waals surface area contributed by atoms with Gasteiger partial charge in [0.05, 0.1) is 6.61 Å². The molecule has 1 atom stereocenters. The number of benzene rings is 1.